The molecule has 2 aromatic carbocycles. The van der Waals surface area contributed by atoms with Gasteiger partial charge in [0.05, 0.1) is 0 Å². The molecule has 122 valence electrons. The van der Waals surface area contributed by atoms with Crippen molar-refractivity contribution in [3.05, 3.63) is 47.5 Å². The number of benzene rings is 2. The van der Waals surface area contributed by atoms with Gasteiger partial charge in [0.25, 0.3) is 0 Å². The first-order valence-corrected chi connectivity index (χ1v) is 8.92. The average molecular weight is 353 g/mol. The summed E-state index contributed by atoms with van der Waals surface area (Å²) in [6, 6.07) is 9.54. The molecule has 8 heteroatoms. The third kappa shape index (κ3) is 4.40. The van der Waals surface area contributed by atoms with E-state index in [1.807, 2.05) is 25.3 Å². The molecule has 0 saturated heterocycles. The molecule has 0 spiro atoms. The van der Waals surface area contributed by atoms with Crippen molar-refractivity contribution < 1.29 is 23.1 Å². The Kier molecular flexibility index (Phi) is 5.51. The van der Waals surface area contributed by atoms with Crippen molar-refractivity contribution in [2.75, 3.05) is 11.0 Å². The summed E-state index contributed by atoms with van der Waals surface area (Å²) in [6.45, 7) is 1.94. The van der Waals surface area contributed by atoms with Crippen molar-refractivity contribution in [1.82, 2.24) is 0 Å². The molecule has 0 aromatic heterocycles. The fourth-order valence-corrected chi connectivity index (χ4v) is 2.94. The summed E-state index contributed by atoms with van der Waals surface area (Å²) in [4.78, 5) is 12.5. The summed E-state index contributed by atoms with van der Waals surface area (Å²) in [5.74, 6) is -0.555. The van der Waals surface area contributed by atoms with Gasteiger partial charge < -0.3 is 9.84 Å². The largest absolute Gasteiger partial charge is 0.478 e. The van der Waals surface area contributed by atoms with Crippen LogP contribution in [0.3, 0.4) is 0 Å². The summed E-state index contributed by atoms with van der Waals surface area (Å²) >= 11 is 1.61. The number of nitrogens with one attached hydrogen (secondary N) is 1. The lowest BCUT2D eigenvalue weighted by molar-refractivity contribution is 0.0694. The number of rotatable bonds is 6. The van der Waals surface area contributed by atoms with Crippen LogP contribution < -0.4 is 9.46 Å². The Morgan fingerprint density at radius 3 is 2.52 bits per heavy atom. The van der Waals surface area contributed by atoms with E-state index in [2.05, 4.69) is 4.72 Å². The number of ether oxygens (including phenoxy) is 1. The maximum absolute atomic E-state index is 11.4. The van der Waals surface area contributed by atoms with Gasteiger partial charge in [-0.25, -0.2) is 13.2 Å². The van der Waals surface area contributed by atoms with Gasteiger partial charge in [0, 0.05) is 10.6 Å². The highest BCUT2D eigenvalue weighted by Crippen LogP contribution is 2.31. The number of carbonyl (C=O) groups is 1. The molecule has 0 atom stereocenters. The van der Waals surface area contributed by atoms with Gasteiger partial charge in [-0.2, -0.15) is 0 Å². The van der Waals surface area contributed by atoms with E-state index < -0.39 is 16.9 Å². The lowest BCUT2D eigenvalue weighted by Crippen LogP contribution is -2.03. The number of hydrogen-bond donors (Lipinski definition) is 3. The summed E-state index contributed by atoms with van der Waals surface area (Å²) in [6.07, 6.45) is 1.97. The molecular formula is C15H15NO5S2. The van der Waals surface area contributed by atoms with E-state index in [1.54, 1.807) is 17.8 Å². The lowest BCUT2D eigenvalue weighted by Gasteiger charge is -2.12. The molecule has 6 nitrogen and oxygen atoms in total. The fourth-order valence-electron chi connectivity index (χ4n) is 2.00. The highest BCUT2D eigenvalue weighted by atomic mass is 32.2. The maximum Gasteiger partial charge on any atom is 0.339 e. The maximum atomic E-state index is 11.4. The van der Waals surface area contributed by atoms with Gasteiger partial charge in [-0.05, 0) is 55.1 Å². The Bertz CT molecular complexity index is 810. The molecular weight excluding hydrogens is 338 g/mol. The van der Waals surface area contributed by atoms with Crippen LogP contribution in [0.4, 0.5) is 5.69 Å². The molecule has 0 heterocycles. The molecule has 0 aliphatic rings. The molecule has 2 aromatic rings. The van der Waals surface area contributed by atoms with Gasteiger partial charge in [0.2, 0.25) is 10.9 Å². The van der Waals surface area contributed by atoms with E-state index in [-0.39, 0.29) is 17.0 Å². The molecule has 0 aliphatic carbocycles. The van der Waals surface area contributed by atoms with E-state index >= 15 is 0 Å². The van der Waals surface area contributed by atoms with E-state index in [1.165, 1.54) is 18.2 Å². The van der Waals surface area contributed by atoms with Crippen molar-refractivity contribution >= 4 is 34.3 Å². The molecule has 0 saturated carbocycles. The van der Waals surface area contributed by atoms with Crippen LogP contribution in [0, 0.1) is 6.92 Å². The number of thiol groups is 1. The number of aryl methyl sites for hydroxylation is 1. The zero-order chi connectivity index (χ0) is 17.0. The summed E-state index contributed by atoms with van der Waals surface area (Å²) in [5.41, 5.74) is 1.06. The topological polar surface area (TPSA) is 92.7 Å². The smallest absolute Gasteiger partial charge is 0.339 e. The summed E-state index contributed by atoms with van der Waals surface area (Å²) in [5, 5.41) is 9.28. The average Bonchev–Trinajstić information content (AvgIpc) is 2.48. The second kappa shape index (κ2) is 7.38. The van der Waals surface area contributed by atoms with Crippen LogP contribution in [0.15, 0.2) is 41.3 Å². The Balaban J connectivity index is 2.35. The molecule has 0 radical (unpaired) electrons. The standard InChI is InChI=1S/C15H15NO5S2/c1-9-7-11(4-6-14(9)22-2)21-13-5-3-10(16-23(19)20)8-12(13)15(17)18/h3-8,23H,1-2H3,(H,17,18)(H,16,19,20). The molecule has 0 amide bonds. The first-order valence-electron chi connectivity index (χ1n) is 6.51. The quantitative estimate of drug-likeness (QED) is 0.546. The fraction of sp³-hybridized carbons (Fsp3) is 0.133. The Morgan fingerprint density at radius 2 is 1.96 bits per heavy atom. The van der Waals surface area contributed by atoms with Crippen LogP contribution in [-0.2, 0) is 10.9 Å². The number of anilines is 1. The normalized spacial score (nSPS) is 10.6. The van der Waals surface area contributed by atoms with E-state index in [0.717, 1.165) is 10.5 Å². The number of thioether (sulfide) groups is 1. The van der Waals surface area contributed by atoms with Crippen molar-refractivity contribution in [1.29, 1.82) is 0 Å². The third-order valence-electron chi connectivity index (χ3n) is 3.02. The second-order valence-corrected chi connectivity index (χ2v) is 6.20. The Hall–Kier alpha value is -2.19. The van der Waals surface area contributed by atoms with Gasteiger partial charge in [-0.3, -0.25) is 4.72 Å². The highest BCUT2D eigenvalue weighted by Gasteiger charge is 2.14. The van der Waals surface area contributed by atoms with Gasteiger partial charge >= 0.3 is 5.97 Å². The van der Waals surface area contributed by atoms with Crippen molar-refractivity contribution in [3.8, 4) is 11.5 Å². The zero-order valence-electron chi connectivity index (χ0n) is 12.4. The third-order valence-corrected chi connectivity index (χ3v) is 4.36. The van der Waals surface area contributed by atoms with Crippen LogP contribution >= 0.6 is 11.8 Å². The molecule has 0 unspecified atom stereocenters. The monoisotopic (exact) mass is 353 g/mol. The van der Waals surface area contributed by atoms with Gasteiger partial charge in [0.15, 0.2) is 0 Å². The number of aromatic carboxylic acids is 1. The van der Waals surface area contributed by atoms with Crippen molar-refractivity contribution in [3.63, 3.8) is 0 Å². The van der Waals surface area contributed by atoms with E-state index in [0.29, 0.717) is 5.75 Å². The molecule has 0 aliphatic heterocycles. The molecule has 2 N–H and O–H groups in total. The van der Waals surface area contributed by atoms with E-state index in [4.69, 9.17) is 4.74 Å². The number of carboxylic acids is 1. The minimum atomic E-state index is -2.86. The van der Waals surface area contributed by atoms with Crippen molar-refractivity contribution in [2.24, 2.45) is 0 Å². The van der Waals surface area contributed by atoms with Crippen molar-refractivity contribution in [2.45, 2.75) is 11.8 Å². The molecule has 0 fully saturated rings. The Morgan fingerprint density at radius 1 is 1.22 bits per heavy atom. The van der Waals surface area contributed by atoms with Crippen LogP contribution in [0.1, 0.15) is 15.9 Å². The first-order chi connectivity index (χ1) is 10.9. The number of carboxylic acid groups (broad SMARTS) is 1. The van der Waals surface area contributed by atoms with Gasteiger partial charge in [-0.1, -0.05) is 0 Å². The zero-order valence-corrected chi connectivity index (χ0v) is 14.1. The second-order valence-electron chi connectivity index (χ2n) is 4.62. The van der Waals surface area contributed by atoms with E-state index in [9.17, 15) is 18.3 Å². The van der Waals surface area contributed by atoms with Crippen LogP contribution in [0.5, 0.6) is 11.5 Å². The predicted octanol–water partition coefficient (Wildman–Crippen LogP) is 3.15. The lowest BCUT2D eigenvalue weighted by atomic mass is 10.1. The molecule has 2 rings (SSSR count). The summed E-state index contributed by atoms with van der Waals surface area (Å²) in [7, 11) is -2.86. The van der Waals surface area contributed by atoms with Gasteiger partial charge in [-0.15, -0.1) is 11.8 Å². The highest BCUT2D eigenvalue weighted by molar-refractivity contribution is 7.98. The van der Waals surface area contributed by atoms with Crippen LogP contribution in [0.25, 0.3) is 0 Å². The van der Waals surface area contributed by atoms with Gasteiger partial charge in [0.1, 0.15) is 17.1 Å². The molecule has 0 bridgehead atoms. The molecule has 23 heavy (non-hydrogen) atoms. The minimum absolute atomic E-state index is 0.126. The minimum Gasteiger partial charge on any atom is -0.478 e. The van der Waals surface area contributed by atoms with Crippen LogP contribution in [0.2, 0.25) is 0 Å². The predicted molar refractivity (Wildman–Crippen MR) is 90.4 cm³/mol. The first kappa shape index (κ1) is 17.2. The summed E-state index contributed by atoms with van der Waals surface area (Å²) < 4.78 is 29.1. The Labute approximate surface area is 139 Å². The SMILES string of the molecule is CSc1ccc(Oc2ccc(N[SH](=O)=O)cc2C(=O)O)cc1C. The van der Waals surface area contributed by atoms with Crippen LogP contribution in [-0.4, -0.2) is 25.7 Å². The number of hydrogen-bond acceptors (Lipinski definition) is 5.